The monoisotopic (exact) mass is 222 g/mol. The van der Waals surface area contributed by atoms with Gasteiger partial charge in [0.15, 0.2) is 0 Å². The largest absolute Gasteiger partial charge is 0.387 e. The fourth-order valence-corrected chi connectivity index (χ4v) is 1.38. The first-order valence-electron chi connectivity index (χ1n) is 5.15. The molecule has 0 saturated carbocycles. The van der Waals surface area contributed by atoms with Gasteiger partial charge in [0, 0.05) is 18.2 Å². The highest BCUT2D eigenvalue weighted by molar-refractivity contribution is 5.88. The Balaban J connectivity index is 2.83. The number of carbonyl (C=O) groups excluding carboxylic acids is 1. The van der Waals surface area contributed by atoms with Gasteiger partial charge in [0.25, 0.3) is 0 Å². The van der Waals surface area contributed by atoms with E-state index >= 15 is 0 Å². The lowest BCUT2D eigenvalue weighted by atomic mass is 9.92. The standard InChI is InChI=1S/C12H18N2O2/c1-8(15)14-10-6-4-9(5-7-10)11(16)12(2,3)13/h4-7,11,16H,13H2,1-3H3,(H,14,15). The molecule has 16 heavy (non-hydrogen) atoms. The number of nitrogens with two attached hydrogens (primary N) is 1. The van der Waals surface area contributed by atoms with E-state index in [0.29, 0.717) is 5.69 Å². The second-order valence-corrected chi connectivity index (χ2v) is 4.53. The van der Waals surface area contributed by atoms with Gasteiger partial charge >= 0.3 is 0 Å². The van der Waals surface area contributed by atoms with Gasteiger partial charge in [0.1, 0.15) is 0 Å². The number of benzene rings is 1. The van der Waals surface area contributed by atoms with Crippen LogP contribution in [0, 0.1) is 0 Å². The lowest BCUT2D eigenvalue weighted by Gasteiger charge is -2.26. The maximum absolute atomic E-state index is 10.8. The third kappa shape index (κ3) is 3.32. The number of hydrogen-bond donors (Lipinski definition) is 3. The normalized spacial score (nSPS) is 13.3. The second kappa shape index (κ2) is 4.63. The summed E-state index contributed by atoms with van der Waals surface area (Å²) in [4.78, 5) is 10.8. The van der Waals surface area contributed by atoms with Crippen molar-refractivity contribution in [2.75, 3.05) is 5.32 Å². The summed E-state index contributed by atoms with van der Waals surface area (Å²) in [6.45, 7) is 4.98. The van der Waals surface area contributed by atoms with Crippen molar-refractivity contribution in [3.8, 4) is 0 Å². The molecule has 0 fully saturated rings. The molecule has 0 aromatic heterocycles. The van der Waals surface area contributed by atoms with Crippen LogP contribution >= 0.6 is 0 Å². The van der Waals surface area contributed by atoms with Gasteiger partial charge in [-0.05, 0) is 31.5 Å². The van der Waals surface area contributed by atoms with E-state index in [0.717, 1.165) is 5.56 Å². The van der Waals surface area contributed by atoms with Crippen molar-refractivity contribution in [2.24, 2.45) is 5.73 Å². The van der Waals surface area contributed by atoms with Crippen molar-refractivity contribution in [1.29, 1.82) is 0 Å². The lowest BCUT2D eigenvalue weighted by Crippen LogP contribution is -2.39. The van der Waals surface area contributed by atoms with Gasteiger partial charge in [-0.1, -0.05) is 12.1 Å². The molecule has 1 amide bonds. The number of nitrogens with one attached hydrogen (secondary N) is 1. The molecule has 4 heteroatoms. The highest BCUT2D eigenvalue weighted by Gasteiger charge is 2.23. The fourth-order valence-electron chi connectivity index (χ4n) is 1.38. The number of hydrogen-bond acceptors (Lipinski definition) is 3. The van der Waals surface area contributed by atoms with Gasteiger partial charge in [-0.2, -0.15) is 0 Å². The number of carbonyl (C=O) groups is 1. The molecule has 0 aliphatic rings. The molecule has 4 N–H and O–H groups in total. The molecular weight excluding hydrogens is 204 g/mol. The van der Waals surface area contributed by atoms with E-state index < -0.39 is 11.6 Å². The highest BCUT2D eigenvalue weighted by Crippen LogP contribution is 2.24. The molecule has 0 aliphatic heterocycles. The summed E-state index contributed by atoms with van der Waals surface area (Å²) >= 11 is 0. The van der Waals surface area contributed by atoms with Crippen molar-refractivity contribution in [3.05, 3.63) is 29.8 Å². The summed E-state index contributed by atoms with van der Waals surface area (Å²) in [5, 5.41) is 12.6. The summed E-state index contributed by atoms with van der Waals surface area (Å²) in [5.74, 6) is -0.118. The van der Waals surface area contributed by atoms with E-state index in [1.165, 1.54) is 6.92 Å². The summed E-state index contributed by atoms with van der Waals surface area (Å²) in [6.07, 6.45) is -0.723. The Kier molecular flexibility index (Phi) is 3.67. The van der Waals surface area contributed by atoms with Gasteiger partial charge in [-0.3, -0.25) is 4.79 Å². The number of aliphatic hydroxyl groups excluding tert-OH is 1. The summed E-state index contributed by atoms with van der Waals surface area (Å²) in [5.41, 5.74) is 6.57. The van der Waals surface area contributed by atoms with Gasteiger partial charge in [-0.15, -0.1) is 0 Å². The molecule has 0 bridgehead atoms. The second-order valence-electron chi connectivity index (χ2n) is 4.53. The first-order chi connectivity index (χ1) is 7.30. The molecule has 1 unspecified atom stereocenters. The Labute approximate surface area is 95.5 Å². The average molecular weight is 222 g/mol. The van der Waals surface area contributed by atoms with Gasteiger partial charge < -0.3 is 16.2 Å². The number of rotatable bonds is 3. The average Bonchev–Trinajstić information content (AvgIpc) is 2.15. The molecule has 0 radical (unpaired) electrons. The Morgan fingerprint density at radius 2 is 1.88 bits per heavy atom. The Bertz CT molecular complexity index is 366. The van der Waals surface area contributed by atoms with Crippen molar-refractivity contribution in [2.45, 2.75) is 32.4 Å². The van der Waals surface area contributed by atoms with Crippen molar-refractivity contribution in [1.82, 2.24) is 0 Å². The summed E-state index contributed by atoms with van der Waals surface area (Å²) < 4.78 is 0. The number of aliphatic hydroxyl groups is 1. The van der Waals surface area contributed by atoms with Gasteiger partial charge in [-0.25, -0.2) is 0 Å². The van der Waals surface area contributed by atoms with Crippen LogP contribution in [-0.2, 0) is 4.79 Å². The zero-order valence-corrected chi connectivity index (χ0v) is 9.82. The smallest absolute Gasteiger partial charge is 0.221 e. The van der Waals surface area contributed by atoms with E-state index in [2.05, 4.69) is 5.32 Å². The molecule has 1 atom stereocenters. The van der Waals surface area contributed by atoms with E-state index in [4.69, 9.17) is 5.73 Å². The van der Waals surface area contributed by atoms with E-state index in [1.807, 2.05) is 0 Å². The minimum Gasteiger partial charge on any atom is -0.387 e. The van der Waals surface area contributed by atoms with Crippen LogP contribution in [0.3, 0.4) is 0 Å². The first kappa shape index (κ1) is 12.7. The van der Waals surface area contributed by atoms with Crippen LogP contribution < -0.4 is 11.1 Å². The zero-order valence-electron chi connectivity index (χ0n) is 9.82. The number of anilines is 1. The molecule has 1 aromatic rings. The SMILES string of the molecule is CC(=O)Nc1ccc(C(O)C(C)(C)N)cc1. The predicted octanol–water partition coefficient (Wildman–Crippen LogP) is 1.42. The third-order valence-electron chi connectivity index (χ3n) is 2.25. The zero-order chi connectivity index (χ0) is 12.3. The topological polar surface area (TPSA) is 75.3 Å². The molecule has 1 rings (SSSR count). The van der Waals surface area contributed by atoms with E-state index in [1.54, 1.807) is 38.1 Å². The van der Waals surface area contributed by atoms with Crippen molar-refractivity contribution >= 4 is 11.6 Å². The molecule has 88 valence electrons. The minimum absolute atomic E-state index is 0.118. The molecule has 0 saturated heterocycles. The van der Waals surface area contributed by atoms with Gasteiger partial charge in [0.05, 0.1) is 6.10 Å². The predicted molar refractivity (Wildman–Crippen MR) is 64.0 cm³/mol. The maximum atomic E-state index is 10.8. The van der Waals surface area contributed by atoms with Crippen LogP contribution in [-0.4, -0.2) is 16.6 Å². The Morgan fingerprint density at radius 3 is 2.25 bits per heavy atom. The van der Waals surface area contributed by atoms with Crippen LogP contribution in [0.1, 0.15) is 32.4 Å². The van der Waals surface area contributed by atoms with Crippen LogP contribution in [0.15, 0.2) is 24.3 Å². The maximum Gasteiger partial charge on any atom is 0.221 e. The Morgan fingerprint density at radius 1 is 1.38 bits per heavy atom. The highest BCUT2D eigenvalue weighted by atomic mass is 16.3. The summed E-state index contributed by atoms with van der Waals surface area (Å²) in [6, 6.07) is 6.99. The number of amides is 1. The minimum atomic E-state index is -0.723. The molecule has 1 aromatic carbocycles. The van der Waals surface area contributed by atoms with Crippen molar-refractivity contribution < 1.29 is 9.90 Å². The van der Waals surface area contributed by atoms with E-state index in [-0.39, 0.29) is 5.91 Å². The van der Waals surface area contributed by atoms with Crippen molar-refractivity contribution in [3.63, 3.8) is 0 Å². The molecule has 0 aliphatic carbocycles. The molecular formula is C12H18N2O2. The van der Waals surface area contributed by atoms with Crippen LogP contribution in [0.2, 0.25) is 0 Å². The molecule has 0 heterocycles. The quantitative estimate of drug-likeness (QED) is 0.724. The fraction of sp³-hybridized carbons (Fsp3) is 0.417. The summed E-state index contributed by atoms with van der Waals surface area (Å²) in [7, 11) is 0. The third-order valence-corrected chi connectivity index (χ3v) is 2.25. The first-order valence-corrected chi connectivity index (χ1v) is 5.15. The lowest BCUT2D eigenvalue weighted by molar-refractivity contribution is -0.114. The molecule has 4 nitrogen and oxygen atoms in total. The molecule has 0 spiro atoms. The Hall–Kier alpha value is -1.39. The van der Waals surface area contributed by atoms with Crippen LogP contribution in [0.25, 0.3) is 0 Å². The van der Waals surface area contributed by atoms with Gasteiger partial charge in [0.2, 0.25) is 5.91 Å². The van der Waals surface area contributed by atoms with E-state index in [9.17, 15) is 9.90 Å². The van der Waals surface area contributed by atoms with Crippen LogP contribution in [0.4, 0.5) is 5.69 Å². The van der Waals surface area contributed by atoms with Crippen LogP contribution in [0.5, 0.6) is 0 Å².